The number of carbonyl (C=O) groups excluding carboxylic acids is 1. The number of nitrogens with zero attached hydrogens (tertiary/aromatic N) is 2. The van der Waals surface area contributed by atoms with E-state index in [9.17, 15) is 4.79 Å². The predicted molar refractivity (Wildman–Crippen MR) is 85.6 cm³/mol. The van der Waals surface area contributed by atoms with Crippen molar-refractivity contribution in [3.63, 3.8) is 0 Å². The van der Waals surface area contributed by atoms with Crippen LogP contribution in [-0.4, -0.2) is 29.1 Å². The number of amidine groups is 1. The van der Waals surface area contributed by atoms with Crippen LogP contribution in [0.1, 0.15) is 18.4 Å². The van der Waals surface area contributed by atoms with E-state index in [0.717, 1.165) is 28.7 Å². The summed E-state index contributed by atoms with van der Waals surface area (Å²) in [5.41, 5.74) is 1.05. The molecule has 3 rings (SSSR count). The standard InChI is InChI=1S/C14H14N2OS.BrH/c17-13-12(10-11-6-2-1-3-7-11)18-14(15-13)16-8-4-5-9-16;/h1-3,6-7,10H,4-5,8-9H2;1H/b12-10-;. The van der Waals surface area contributed by atoms with E-state index in [1.54, 1.807) is 0 Å². The first-order valence-corrected chi connectivity index (χ1v) is 6.97. The van der Waals surface area contributed by atoms with Crippen LogP contribution in [0.2, 0.25) is 0 Å². The largest absolute Gasteiger partial charge is 0.351 e. The van der Waals surface area contributed by atoms with Crippen molar-refractivity contribution >= 4 is 45.9 Å². The second-order valence-corrected chi connectivity index (χ2v) is 5.42. The molecule has 1 amide bonds. The van der Waals surface area contributed by atoms with Crippen molar-refractivity contribution in [1.82, 2.24) is 4.90 Å². The quantitative estimate of drug-likeness (QED) is 0.736. The summed E-state index contributed by atoms with van der Waals surface area (Å²) in [6.45, 7) is 2.05. The van der Waals surface area contributed by atoms with Gasteiger partial charge in [-0.25, -0.2) is 0 Å². The Labute approximate surface area is 127 Å². The van der Waals surface area contributed by atoms with Crippen LogP contribution in [0.3, 0.4) is 0 Å². The molecule has 1 aromatic carbocycles. The normalized spacial score (nSPS) is 20.6. The molecule has 0 atom stereocenters. The van der Waals surface area contributed by atoms with Gasteiger partial charge in [0.25, 0.3) is 5.91 Å². The molecule has 1 fully saturated rings. The number of thioether (sulfide) groups is 1. The van der Waals surface area contributed by atoms with Crippen LogP contribution in [0.15, 0.2) is 40.2 Å². The molecule has 5 heteroatoms. The number of amides is 1. The molecule has 0 saturated carbocycles. The van der Waals surface area contributed by atoms with Gasteiger partial charge in [0.2, 0.25) is 0 Å². The van der Waals surface area contributed by atoms with Gasteiger partial charge in [0, 0.05) is 13.1 Å². The average Bonchev–Trinajstić information content (AvgIpc) is 3.01. The number of benzene rings is 1. The molecule has 0 radical (unpaired) electrons. The van der Waals surface area contributed by atoms with Gasteiger partial charge >= 0.3 is 0 Å². The maximum atomic E-state index is 11.8. The fourth-order valence-electron chi connectivity index (χ4n) is 2.14. The molecule has 19 heavy (non-hydrogen) atoms. The Balaban J connectivity index is 0.00000133. The zero-order valence-electron chi connectivity index (χ0n) is 10.4. The molecule has 0 spiro atoms. The number of rotatable bonds is 1. The van der Waals surface area contributed by atoms with Crippen molar-refractivity contribution in [2.24, 2.45) is 4.99 Å². The molecule has 0 N–H and O–H groups in total. The SMILES string of the molecule is Br.O=C1N=C(N2CCCC2)S/C1=C\c1ccccc1. The van der Waals surface area contributed by atoms with E-state index in [4.69, 9.17) is 0 Å². The van der Waals surface area contributed by atoms with Gasteiger partial charge in [-0.3, -0.25) is 4.79 Å². The number of halogens is 1. The van der Waals surface area contributed by atoms with E-state index >= 15 is 0 Å². The minimum atomic E-state index is -0.106. The summed E-state index contributed by atoms with van der Waals surface area (Å²) in [6.07, 6.45) is 4.32. The summed E-state index contributed by atoms with van der Waals surface area (Å²) in [7, 11) is 0. The highest BCUT2D eigenvalue weighted by Crippen LogP contribution is 2.31. The fraction of sp³-hybridized carbons (Fsp3) is 0.286. The lowest BCUT2D eigenvalue weighted by atomic mass is 10.2. The van der Waals surface area contributed by atoms with Gasteiger partial charge in [0.05, 0.1) is 4.91 Å². The Bertz CT molecular complexity index is 522. The molecule has 0 aromatic heterocycles. The summed E-state index contributed by atoms with van der Waals surface area (Å²) in [5.74, 6) is -0.106. The molecule has 1 saturated heterocycles. The second kappa shape index (κ2) is 6.39. The number of likely N-dealkylation sites (tertiary alicyclic amines) is 1. The van der Waals surface area contributed by atoms with E-state index in [-0.39, 0.29) is 22.9 Å². The molecule has 0 aliphatic carbocycles. The lowest BCUT2D eigenvalue weighted by Gasteiger charge is -2.14. The molecule has 2 heterocycles. The van der Waals surface area contributed by atoms with Crippen molar-refractivity contribution in [1.29, 1.82) is 0 Å². The van der Waals surface area contributed by atoms with Crippen LogP contribution < -0.4 is 0 Å². The minimum absolute atomic E-state index is 0. The van der Waals surface area contributed by atoms with E-state index in [0.29, 0.717) is 0 Å². The molecule has 0 unspecified atom stereocenters. The first kappa shape index (κ1) is 14.3. The molecule has 2 aliphatic rings. The van der Waals surface area contributed by atoms with Crippen LogP contribution in [0.25, 0.3) is 6.08 Å². The summed E-state index contributed by atoms with van der Waals surface area (Å²) >= 11 is 1.50. The van der Waals surface area contributed by atoms with Crippen LogP contribution in [-0.2, 0) is 4.79 Å². The van der Waals surface area contributed by atoms with E-state index in [2.05, 4.69) is 9.89 Å². The minimum Gasteiger partial charge on any atom is -0.351 e. The maximum absolute atomic E-state index is 11.8. The summed E-state index contributed by atoms with van der Waals surface area (Å²) in [6, 6.07) is 9.90. The Kier molecular flexibility index (Phi) is 4.82. The second-order valence-electron chi connectivity index (χ2n) is 4.42. The third-order valence-electron chi connectivity index (χ3n) is 3.08. The number of hydrogen-bond acceptors (Lipinski definition) is 3. The van der Waals surface area contributed by atoms with Crippen LogP contribution >= 0.6 is 28.7 Å². The zero-order valence-corrected chi connectivity index (χ0v) is 12.9. The van der Waals surface area contributed by atoms with Crippen molar-refractivity contribution < 1.29 is 4.79 Å². The molecule has 3 nitrogen and oxygen atoms in total. The lowest BCUT2D eigenvalue weighted by Crippen LogP contribution is -2.23. The smallest absolute Gasteiger partial charge is 0.286 e. The van der Waals surface area contributed by atoms with E-state index in [1.807, 2.05) is 36.4 Å². The third-order valence-corrected chi connectivity index (χ3v) is 4.13. The number of aliphatic imine (C=N–C) groups is 1. The topological polar surface area (TPSA) is 32.7 Å². The van der Waals surface area contributed by atoms with Crippen LogP contribution in [0.4, 0.5) is 0 Å². The van der Waals surface area contributed by atoms with Crippen LogP contribution in [0, 0.1) is 0 Å². The summed E-state index contributed by atoms with van der Waals surface area (Å²) in [4.78, 5) is 18.9. The van der Waals surface area contributed by atoms with Crippen molar-refractivity contribution in [3.8, 4) is 0 Å². The highest BCUT2D eigenvalue weighted by Gasteiger charge is 2.27. The Morgan fingerprint density at radius 2 is 1.84 bits per heavy atom. The molecule has 2 aliphatic heterocycles. The summed E-state index contributed by atoms with van der Waals surface area (Å²) < 4.78 is 0. The Hall–Kier alpha value is -1.07. The first-order valence-electron chi connectivity index (χ1n) is 6.15. The predicted octanol–water partition coefficient (Wildman–Crippen LogP) is 3.33. The number of carbonyl (C=O) groups is 1. The van der Waals surface area contributed by atoms with Gasteiger partial charge in [-0.15, -0.1) is 17.0 Å². The van der Waals surface area contributed by atoms with E-state index in [1.165, 1.54) is 24.6 Å². The van der Waals surface area contributed by atoms with Gasteiger partial charge in [-0.2, -0.15) is 4.99 Å². The van der Waals surface area contributed by atoms with Gasteiger partial charge in [0.1, 0.15) is 0 Å². The first-order chi connectivity index (χ1) is 8.83. The van der Waals surface area contributed by atoms with Gasteiger partial charge in [-0.1, -0.05) is 30.3 Å². The van der Waals surface area contributed by atoms with Gasteiger partial charge in [-0.05, 0) is 36.2 Å². The molecule has 100 valence electrons. The fourth-order valence-corrected chi connectivity index (χ4v) is 3.11. The van der Waals surface area contributed by atoms with Crippen molar-refractivity contribution in [2.75, 3.05) is 13.1 Å². The van der Waals surface area contributed by atoms with Crippen molar-refractivity contribution in [3.05, 3.63) is 40.8 Å². The Morgan fingerprint density at radius 1 is 1.16 bits per heavy atom. The zero-order chi connectivity index (χ0) is 12.4. The highest BCUT2D eigenvalue weighted by atomic mass is 79.9. The van der Waals surface area contributed by atoms with Crippen LogP contribution in [0.5, 0.6) is 0 Å². The Morgan fingerprint density at radius 3 is 2.53 bits per heavy atom. The molecular weight excluding hydrogens is 324 g/mol. The van der Waals surface area contributed by atoms with Crippen molar-refractivity contribution in [2.45, 2.75) is 12.8 Å². The van der Waals surface area contributed by atoms with Gasteiger partial charge in [0.15, 0.2) is 5.17 Å². The molecular formula is C14H15BrN2OS. The van der Waals surface area contributed by atoms with Gasteiger partial charge < -0.3 is 4.90 Å². The number of hydrogen-bond donors (Lipinski definition) is 0. The summed E-state index contributed by atoms with van der Waals surface area (Å²) in [5, 5.41) is 0.875. The third kappa shape index (κ3) is 3.28. The molecule has 1 aromatic rings. The lowest BCUT2D eigenvalue weighted by molar-refractivity contribution is -0.113. The maximum Gasteiger partial charge on any atom is 0.286 e. The monoisotopic (exact) mass is 338 g/mol. The highest BCUT2D eigenvalue weighted by molar-refractivity contribution is 8.93. The molecule has 0 bridgehead atoms. The van der Waals surface area contributed by atoms with E-state index < -0.39 is 0 Å². The average molecular weight is 339 g/mol.